The molecule has 2 rings (SSSR count). The van der Waals surface area contributed by atoms with Crippen LogP contribution in [0.1, 0.15) is 22.4 Å². The highest BCUT2D eigenvalue weighted by atomic mass is 19.4. The summed E-state index contributed by atoms with van der Waals surface area (Å²) in [6.07, 6.45) is -4.75. The number of hydrogen-bond acceptors (Lipinski definition) is 3. The Morgan fingerprint density at radius 3 is 2.12 bits per heavy atom. The number of hydrogen-bond donors (Lipinski definition) is 2. The molecule has 5 nitrogen and oxygen atoms in total. The molecule has 1 aromatic heterocycles. The molecular weight excluding hydrogens is 335 g/mol. The molecule has 1 heterocycles. The van der Waals surface area contributed by atoms with E-state index in [1.165, 1.54) is 12.1 Å². The number of ether oxygens (including phenoxy) is 1. The van der Waals surface area contributed by atoms with Crippen molar-refractivity contribution < 1.29 is 22.7 Å². The highest BCUT2D eigenvalue weighted by Gasteiger charge is 2.30. The second-order valence-electron chi connectivity index (χ2n) is 5.57. The summed E-state index contributed by atoms with van der Waals surface area (Å²) in [6, 6.07) is 4.32. The van der Waals surface area contributed by atoms with Crippen molar-refractivity contribution in [1.29, 1.82) is 0 Å². The van der Waals surface area contributed by atoms with E-state index in [1.807, 2.05) is 27.7 Å². The van der Waals surface area contributed by atoms with Crippen LogP contribution in [0.2, 0.25) is 0 Å². The molecule has 0 bridgehead atoms. The van der Waals surface area contributed by atoms with Crippen molar-refractivity contribution in [3.8, 4) is 5.75 Å². The average Bonchev–Trinajstić information content (AvgIpc) is 2.51. The maximum absolute atomic E-state index is 12.1. The molecule has 0 aliphatic carbocycles. The van der Waals surface area contributed by atoms with Crippen molar-refractivity contribution in [3.05, 3.63) is 46.6 Å². The topological polar surface area (TPSA) is 63.2 Å². The highest BCUT2D eigenvalue weighted by molar-refractivity contribution is 5.99. The maximum Gasteiger partial charge on any atom is 0.573 e. The van der Waals surface area contributed by atoms with E-state index in [2.05, 4.69) is 20.4 Å². The summed E-state index contributed by atoms with van der Waals surface area (Å²) in [4.78, 5) is 16.4. The molecule has 8 heteroatoms. The van der Waals surface area contributed by atoms with Crippen molar-refractivity contribution in [2.75, 3.05) is 10.6 Å². The Bertz CT molecular complexity index is 787. The molecule has 0 aliphatic heterocycles. The minimum absolute atomic E-state index is 0.324. The lowest BCUT2D eigenvalue weighted by Crippen LogP contribution is -2.21. The number of nitrogens with one attached hydrogen (secondary N) is 2. The molecule has 0 saturated heterocycles. The maximum atomic E-state index is 12.1. The predicted molar refractivity (Wildman–Crippen MR) is 89.0 cm³/mol. The Hall–Kier alpha value is -2.77. The van der Waals surface area contributed by atoms with Crippen LogP contribution >= 0.6 is 0 Å². The van der Waals surface area contributed by atoms with E-state index < -0.39 is 12.4 Å². The Morgan fingerprint density at radius 2 is 1.56 bits per heavy atom. The van der Waals surface area contributed by atoms with Crippen LogP contribution in [0.3, 0.4) is 0 Å². The molecule has 1 aromatic carbocycles. The number of nitrogens with zero attached hydrogens (tertiary/aromatic N) is 1. The van der Waals surface area contributed by atoms with Gasteiger partial charge in [-0.25, -0.2) is 9.78 Å². The summed E-state index contributed by atoms with van der Waals surface area (Å²) >= 11 is 0. The lowest BCUT2D eigenvalue weighted by molar-refractivity contribution is -0.274. The average molecular weight is 353 g/mol. The zero-order chi connectivity index (χ0) is 18.8. The summed E-state index contributed by atoms with van der Waals surface area (Å²) in [5.74, 6) is 0.0795. The first-order chi connectivity index (χ1) is 11.6. The number of carbonyl (C=O) groups is 1. The third-order valence-corrected chi connectivity index (χ3v) is 3.88. The number of rotatable bonds is 3. The van der Waals surface area contributed by atoms with Gasteiger partial charge in [-0.05, 0) is 68.7 Å². The Morgan fingerprint density at radius 1 is 0.960 bits per heavy atom. The van der Waals surface area contributed by atoms with E-state index in [9.17, 15) is 18.0 Å². The van der Waals surface area contributed by atoms with Crippen LogP contribution in [0.5, 0.6) is 5.75 Å². The van der Waals surface area contributed by atoms with Gasteiger partial charge >= 0.3 is 12.4 Å². The summed E-state index contributed by atoms with van der Waals surface area (Å²) in [6.45, 7) is 7.61. The highest BCUT2D eigenvalue weighted by Crippen LogP contribution is 2.24. The molecule has 2 aromatic rings. The van der Waals surface area contributed by atoms with Gasteiger partial charge in [-0.2, -0.15) is 0 Å². The molecule has 0 radical (unpaired) electrons. The number of pyridine rings is 1. The quantitative estimate of drug-likeness (QED) is 0.828. The van der Waals surface area contributed by atoms with E-state index in [-0.39, 0.29) is 5.75 Å². The minimum atomic E-state index is -4.75. The van der Waals surface area contributed by atoms with Gasteiger partial charge in [0.2, 0.25) is 0 Å². The molecule has 0 spiro atoms. The van der Waals surface area contributed by atoms with E-state index in [1.54, 1.807) is 0 Å². The number of aromatic nitrogens is 1. The lowest BCUT2D eigenvalue weighted by atomic mass is 10.0. The largest absolute Gasteiger partial charge is 0.573 e. The summed E-state index contributed by atoms with van der Waals surface area (Å²) in [7, 11) is 0. The summed E-state index contributed by atoms with van der Waals surface area (Å²) in [5, 5.41) is 5.18. The summed E-state index contributed by atoms with van der Waals surface area (Å²) in [5.41, 5.74) is 4.09. The van der Waals surface area contributed by atoms with Crippen molar-refractivity contribution in [3.63, 3.8) is 0 Å². The van der Waals surface area contributed by atoms with Crippen molar-refractivity contribution in [2.24, 2.45) is 0 Å². The molecule has 25 heavy (non-hydrogen) atoms. The number of amides is 2. The van der Waals surface area contributed by atoms with E-state index in [0.29, 0.717) is 11.5 Å². The normalized spacial score (nSPS) is 11.2. The van der Waals surface area contributed by atoms with Crippen LogP contribution in [0, 0.1) is 27.7 Å². The van der Waals surface area contributed by atoms with Crippen LogP contribution in [0.4, 0.5) is 29.5 Å². The van der Waals surface area contributed by atoms with Gasteiger partial charge in [-0.15, -0.1) is 13.2 Å². The fourth-order valence-electron chi connectivity index (χ4n) is 2.20. The Kier molecular flexibility index (Phi) is 5.20. The zero-order valence-corrected chi connectivity index (χ0v) is 14.2. The monoisotopic (exact) mass is 353 g/mol. The number of benzene rings is 1. The van der Waals surface area contributed by atoms with Gasteiger partial charge < -0.3 is 10.1 Å². The Balaban J connectivity index is 2.06. The van der Waals surface area contributed by atoms with Crippen molar-refractivity contribution in [1.82, 2.24) is 4.98 Å². The standard InChI is InChI=1S/C17H18F3N3O2/c1-9-10(2)12(4)21-15(11(9)3)23-16(24)22-13-5-7-14(8-6-13)25-17(18,19)20/h5-8H,1-4H3,(H2,21,22,23,24). The summed E-state index contributed by atoms with van der Waals surface area (Å²) < 4.78 is 40.1. The molecule has 0 fully saturated rings. The van der Waals surface area contributed by atoms with Gasteiger partial charge in [-0.1, -0.05) is 0 Å². The second-order valence-corrected chi connectivity index (χ2v) is 5.57. The SMILES string of the molecule is Cc1nc(NC(=O)Nc2ccc(OC(F)(F)F)cc2)c(C)c(C)c1C. The number of urea groups is 1. The number of alkyl halides is 3. The fourth-order valence-corrected chi connectivity index (χ4v) is 2.20. The third-order valence-electron chi connectivity index (χ3n) is 3.88. The fraction of sp³-hybridized carbons (Fsp3) is 0.294. The van der Waals surface area contributed by atoms with Crippen LogP contribution in [0.25, 0.3) is 0 Å². The van der Waals surface area contributed by atoms with Crippen molar-refractivity contribution >= 4 is 17.5 Å². The number of halogens is 3. The Labute approximate surface area is 143 Å². The van der Waals surface area contributed by atoms with Gasteiger partial charge in [0.25, 0.3) is 0 Å². The molecule has 0 unspecified atom stereocenters. The van der Waals surface area contributed by atoms with E-state index in [4.69, 9.17) is 0 Å². The van der Waals surface area contributed by atoms with Gasteiger partial charge in [0.05, 0.1) is 0 Å². The van der Waals surface area contributed by atoms with Crippen molar-refractivity contribution in [2.45, 2.75) is 34.1 Å². The van der Waals surface area contributed by atoms with Gasteiger partial charge in [0.15, 0.2) is 0 Å². The predicted octanol–water partition coefficient (Wildman–Crippen LogP) is 4.86. The molecule has 0 saturated carbocycles. The number of anilines is 2. The number of carbonyl (C=O) groups excluding carboxylic acids is 1. The van der Waals surface area contributed by atoms with Gasteiger partial charge in [-0.3, -0.25) is 5.32 Å². The smallest absolute Gasteiger partial charge is 0.406 e. The van der Waals surface area contributed by atoms with Gasteiger partial charge in [0, 0.05) is 11.4 Å². The van der Waals surface area contributed by atoms with Crippen LogP contribution < -0.4 is 15.4 Å². The van der Waals surface area contributed by atoms with E-state index in [0.717, 1.165) is 34.5 Å². The van der Waals surface area contributed by atoms with Crippen LogP contribution in [0.15, 0.2) is 24.3 Å². The first-order valence-electron chi connectivity index (χ1n) is 7.45. The molecule has 2 N–H and O–H groups in total. The molecule has 0 aliphatic rings. The van der Waals surface area contributed by atoms with Gasteiger partial charge in [0.1, 0.15) is 11.6 Å². The van der Waals surface area contributed by atoms with E-state index >= 15 is 0 Å². The first kappa shape index (κ1) is 18.6. The first-order valence-corrected chi connectivity index (χ1v) is 7.45. The zero-order valence-electron chi connectivity index (χ0n) is 14.2. The number of aryl methyl sites for hydroxylation is 1. The van der Waals surface area contributed by atoms with Crippen LogP contribution in [-0.4, -0.2) is 17.4 Å². The van der Waals surface area contributed by atoms with Crippen LogP contribution in [-0.2, 0) is 0 Å². The molecule has 2 amide bonds. The minimum Gasteiger partial charge on any atom is -0.406 e. The molecule has 134 valence electrons. The second kappa shape index (κ2) is 7.00. The molecular formula is C17H18F3N3O2. The lowest BCUT2D eigenvalue weighted by Gasteiger charge is -2.14. The molecule has 0 atom stereocenters. The third kappa shape index (κ3) is 4.85.